The zero-order valence-electron chi connectivity index (χ0n) is 9.66. The second kappa shape index (κ2) is 4.82. The predicted octanol–water partition coefficient (Wildman–Crippen LogP) is -0.667. The molecule has 2 N–H and O–H groups in total. The van der Waals surface area contributed by atoms with Crippen molar-refractivity contribution in [2.45, 2.75) is 25.3 Å². The fraction of sp³-hybridized carbons (Fsp3) is 0.818. The van der Waals surface area contributed by atoms with Crippen LogP contribution < -0.4 is 10.6 Å². The molecule has 1 unspecified atom stereocenters. The molecular weight excluding hydrogens is 206 g/mol. The van der Waals surface area contributed by atoms with E-state index in [0.29, 0.717) is 13.0 Å². The maximum Gasteiger partial charge on any atom is 0.225 e. The van der Waals surface area contributed by atoms with Crippen LogP contribution in [-0.2, 0) is 9.59 Å². The van der Waals surface area contributed by atoms with Crippen molar-refractivity contribution in [1.82, 2.24) is 15.5 Å². The van der Waals surface area contributed by atoms with Crippen LogP contribution in [0.2, 0.25) is 0 Å². The van der Waals surface area contributed by atoms with Crippen molar-refractivity contribution in [1.29, 1.82) is 0 Å². The number of carbonyl (C=O) groups excluding carboxylic acids is 2. The Labute approximate surface area is 95.6 Å². The topological polar surface area (TPSA) is 61.4 Å². The summed E-state index contributed by atoms with van der Waals surface area (Å²) in [6.45, 7) is 2.45. The van der Waals surface area contributed by atoms with Gasteiger partial charge < -0.3 is 15.5 Å². The van der Waals surface area contributed by atoms with E-state index in [2.05, 4.69) is 10.6 Å². The van der Waals surface area contributed by atoms with Crippen molar-refractivity contribution in [3.8, 4) is 0 Å². The monoisotopic (exact) mass is 225 g/mol. The molecule has 2 aliphatic rings. The minimum absolute atomic E-state index is 0.0337. The van der Waals surface area contributed by atoms with Crippen LogP contribution in [0.15, 0.2) is 0 Å². The molecular formula is C11H19N3O2. The Balaban J connectivity index is 1.81. The van der Waals surface area contributed by atoms with E-state index in [0.717, 1.165) is 25.9 Å². The van der Waals surface area contributed by atoms with Crippen LogP contribution >= 0.6 is 0 Å². The largest absolute Gasteiger partial charge is 0.352 e. The van der Waals surface area contributed by atoms with Crippen LogP contribution in [0.5, 0.6) is 0 Å². The number of likely N-dealkylation sites (tertiary alicyclic amines) is 1. The number of carbonyl (C=O) groups is 2. The van der Waals surface area contributed by atoms with E-state index in [1.165, 1.54) is 0 Å². The summed E-state index contributed by atoms with van der Waals surface area (Å²) < 4.78 is 0. The van der Waals surface area contributed by atoms with Gasteiger partial charge in [0.05, 0.1) is 5.92 Å². The highest BCUT2D eigenvalue weighted by atomic mass is 16.2. The molecule has 5 nitrogen and oxygen atoms in total. The number of hydrogen-bond donors (Lipinski definition) is 2. The Hall–Kier alpha value is -1.10. The number of rotatable bonds is 2. The van der Waals surface area contributed by atoms with E-state index in [1.807, 2.05) is 0 Å². The van der Waals surface area contributed by atoms with Gasteiger partial charge in [-0.15, -0.1) is 0 Å². The molecule has 0 radical (unpaired) electrons. The van der Waals surface area contributed by atoms with Crippen LogP contribution in [0.4, 0.5) is 0 Å². The lowest BCUT2D eigenvalue weighted by molar-refractivity contribution is -0.128. The fourth-order valence-corrected chi connectivity index (χ4v) is 2.33. The number of nitrogens with zero attached hydrogens (tertiary/aromatic N) is 1. The van der Waals surface area contributed by atoms with Crippen LogP contribution in [0.25, 0.3) is 0 Å². The summed E-state index contributed by atoms with van der Waals surface area (Å²) in [5, 5.41) is 6.28. The van der Waals surface area contributed by atoms with E-state index >= 15 is 0 Å². The van der Waals surface area contributed by atoms with Gasteiger partial charge >= 0.3 is 0 Å². The fourth-order valence-electron chi connectivity index (χ4n) is 2.33. The average Bonchev–Trinajstić information content (AvgIpc) is 2.61. The minimum atomic E-state index is -0.153. The first-order valence-corrected chi connectivity index (χ1v) is 5.92. The quantitative estimate of drug-likeness (QED) is 0.655. The molecule has 0 bridgehead atoms. The van der Waals surface area contributed by atoms with Gasteiger partial charge in [0.15, 0.2) is 0 Å². The van der Waals surface area contributed by atoms with Gasteiger partial charge in [-0.3, -0.25) is 9.59 Å². The molecule has 16 heavy (non-hydrogen) atoms. The SMILES string of the molecule is CN1CC(C(=O)N[C@H]2CCCNC2)CC1=O. The maximum atomic E-state index is 11.9. The highest BCUT2D eigenvalue weighted by Gasteiger charge is 2.32. The molecule has 0 saturated carbocycles. The summed E-state index contributed by atoms with van der Waals surface area (Å²) in [5.41, 5.74) is 0. The smallest absolute Gasteiger partial charge is 0.225 e. The lowest BCUT2D eigenvalue weighted by Crippen LogP contribution is -2.47. The third-order valence-electron chi connectivity index (χ3n) is 3.36. The van der Waals surface area contributed by atoms with Crippen LogP contribution in [-0.4, -0.2) is 49.4 Å². The summed E-state index contributed by atoms with van der Waals surface area (Å²) in [6.07, 6.45) is 2.51. The van der Waals surface area contributed by atoms with Gasteiger partial charge in [-0.05, 0) is 19.4 Å². The van der Waals surface area contributed by atoms with Crippen molar-refractivity contribution in [3.63, 3.8) is 0 Å². The Morgan fingerprint density at radius 1 is 1.56 bits per heavy atom. The first-order chi connectivity index (χ1) is 7.66. The maximum absolute atomic E-state index is 11.9. The Morgan fingerprint density at radius 3 is 2.94 bits per heavy atom. The third kappa shape index (κ3) is 2.52. The van der Waals surface area contributed by atoms with Gasteiger partial charge in [0.25, 0.3) is 0 Å². The molecule has 2 aliphatic heterocycles. The average molecular weight is 225 g/mol. The molecule has 90 valence electrons. The van der Waals surface area contributed by atoms with E-state index in [-0.39, 0.29) is 23.8 Å². The second-order valence-corrected chi connectivity index (χ2v) is 4.73. The number of hydrogen-bond acceptors (Lipinski definition) is 3. The van der Waals surface area contributed by atoms with Crippen LogP contribution in [0.1, 0.15) is 19.3 Å². The predicted molar refractivity (Wildman–Crippen MR) is 59.8 cm³/mol. The highest BCUT2D eigenvalue weighted by molar-refractivity contribution is 5.89. The molecule has 0 aromatic carbocycles. The summed E-state index contributed by atoms with van der Waals surface area (Å²) in [4.78, 5) is 24.8. The molecule has 2 saturated heterocycles. The van der Waals surface area contributed by atoms with Crippen molar-refractivity contribution >= 4 is 11.8 Å². The molecule has 2 fully saturated rings. The standard InChI is InChI=1S/C11H19N3O2/c1-14-7-8(5-10(14)15)11(16)13-9-3-2-4-12-6-9/h8-9,12H,2-7H2,1H3,(H,13,16)/t8?,9-/m0/s1. The number of amides is 2. The Morgan fingerprint density at radius 2 is 2.38 bits per heavy atom. The van der Waals surface area contributed by atoms with Gasteiger partial charge in [0, 0.05) is 32.6 Å². The van der Waals surface area contributed by atoms with Gasteiger partial charge in [-0.1, -0.05) is 0 Å². The van der Waals surface area contributed by atoms with Crippen molar-refractivity contribution in [2.75, 3.05) is 26.7 Å². The van der Waals surface area contributed by atoms with Gasteiger partial charge in [0.2, 0.25) is 11.8 Å². The van der Waals surface area contributed by atoms with E-state index < -0.39 is 0 Å². The Bertz CT molecular complexity index is 287. The van der Waals surface area contributed by atoms with Crippen molar-refractivity contribution < 1.29 is 9.59 Å². The molecule has 2 amide bonds. The molecule has 0 spiro atoms. The third-order valence-corrected chi connectivity index (χ3v) is 3.36. The van der Waals surface area contributed by atoms with E-state index in [1.54, 1.807) is 11.9 Å². The highest BCUT2D eigenvalue weighted by Crippen LogP contribution is 2.16. The normalized spacial score (nSPS) is 30.6. The van der Waals surface area contributed by atoms with Crippen molar-refractivity contribution in [2.24, 2.45) is 5.92 Å². The lowest BCUT2D eigenvalue weighted by Gasteiger charge is -2.25. The zero-order valence-corrected chi connectivity index (χ0v) is 9.66. The van der Waals surface area contributed by atoms with Crippen LogP contribution in [0, 0.1) is 5.92 Å². The molecule has 2 rings (SSSR count). The first-order valence-electron chi connectivity index (χ1n) is 5.92. The summed E-state index contributed by atoms with van der Waals surface area (Å²) in [5.74, 6) is -0.0484. The molecule has 5 heteroatoms. The lowest BCUT2D eigenvalue weighted by atomic mass is 10.0. The minimum Gasteiger partial charge on any atom is -0.352 e. The zero-order chi connectivity index (χ0) is 11.5. The molecule has 0 aliphatic carbocycles. The molecule has 0 aromatic heterocycles. The number of piperidine rings is 1. The Kier molecular flexibility index (Phi) is 3.43. The summed E-state index contributed by atoms with van der Waals surface area (Å²) >= 11 is 0. The molecule has 2 heterocycles. The summed E-state index contributed by atoms with van der Waals surface area (Å²) in [6, 6.07) is 0.238. The number of nitrogens with one attached hydrogen (secondary N) is 2. The molecule has 2 atom stereocenters. The van der Waals surface area contributed by atoms with Crippen LogP contribution in [0.3, 0.4) is 0 Å². The van der Waals surface area contributed by atoms with Crippen molar-refractivity contribution in [3.05, 3.63) is 0 Å². The summed E-state index contributed by atoms with van der Waals surface area (Å²) in [7, 11) is 1.75. The molecule has 0 aromatic rings. The second-order valence-electron chi connectivity index (χ2n) is 4.73. The van der Waals surface area contributed by atoms with E-state index in [4.69, 9.17) is 0 Å². The van der Waals surface area contributed by atoms with E-state index in [9.17, 15) is 9.59 Å². The van der Waals surface area contributed by atoms with Gasteiger partial charge in [-0.25, -0.2) is 0 Å². The van der Waals surface area contributed by atoms with Gasteiger partial charge in [-0.2, -0.15) is 0 Å². The van der Waals surface area contributed by atoms with Gasteiger partial charge in [0.1, 0.15) is 0 Å². The first kappa shape index (κ1) is 11.4.